The summed E-state index contributed by atoms with van der Waals surface area (Å²) in [5.74, 6) is 2.84. The number of thiazole rings is 1. The van der Waals surface area contributed by atoms with Gasteiger partial charge in [0.05, 0.1) is 11.3 Å². The molecular formula is C30H54N6OS. The first-order chi connectivity index (χ1) is 18.2. The van der Waals surface area contributed by atoms with Crippen molar-refractivity contribution in [2.45, 2.75) is 106 Å². The van der Waals surface area contributed by atoms with Crippen molar-refractivity contribution in [3.05, 3.63) is 16.8 Å². The summed E-state index contributed by atoms with van der Waals surface area (Å²) < 4.78 is 0. The molecule has 2 saturated carbocycles. The monoisotopic (exact) mass is 546 g/mol. The number of hydrogen-bond donors (Lipinski definition) is 3. The third kappa shape index (κ3) is 11.8. The van der Waals surface area contributed by atoms with Crippen LogP contribution in [-0.2, 0) is 0 Å². The zero-order chi connectivity index (χ0) is 28.7. The van der Waals surface area contributed by atoms with Gasteiger partial charge in [0, 0.05) is 37.3 Å². The van der Waals surface area contributed by atoms with Gasteiger partial charge in [-0.3, -0.25) is 0 Å². The molecule has 0 spiro atoms. The number of aliphatic hydroxyl groups excluding tert-OH is 1. The van der Waals surface area contributed by atoms with Crippen LogP contribution >= 0.6 is 11.3 Å². The average molecular weight is 547 g/mol. The molecule has 0 radical (unpaired) electrons. The van der Waals surface area contributed by atoms with Gasteiger partial charge in [0.25, 0.3) is 0 Å². The molecule has 2 aromatic rings. The van der Waals surface area contributed by atoms with E-state index in [2.05, 4.69) is 61.9 Å². The maximum Gasteiger partial charge on any atom is 0.224 e. The first-order valence-corrected chi connectivity index (χ1v) is 15.2. The number of nitrogens with one attached hydrogen (secondary N) is 2. The number of rotatable bonds is 9. The highest BCUT2D eigenvalue weighted by molar-refractivity contribution is 7.15. The Labute approximate surface area is 236 Å². The van der Waals surface area contributed by atoms with Crippen LogP contribution in [0.2, 0.25) is 0 Å². The first-order valence-electron chi connectivity index (χ1n) is 14.4. The highest BCUT2D eigenvalue weighted by atomic mass is 32.1. The van der Waals surface area contributed by atoms with E-state index in [0.29, 0.717) is 17.9 Å². The fraction of sp³-hybridized carbons (Fsp3) is 0.733. The van der Waals surface area contributed by atoms with Crippen LogP contribution in [-0.4, -0.2) is 53.0 Å². The van der Waals surface area contributed by atoms with E-state index in [9.17, 15) is 5.11 Å². The van der Waals surface area contributed by atoms with Crippen LogP contribution in [0.15, 0.2) is 11.2 Å². The minimum atomic E-state index is 0.233. The van der Waals surface area contributed by atoms with E-state index >= 15 is 0 Å². The van der Waals surface area contributed by atoms with Crippen molar-refractivity contribution < 1.29 is 5.11 Å². The summed E-state index contributed by atoms with van der Waals surface area (Å²) in [6.07, 6.45) is 10.3. The lowest BCUT2D eigenvalue weighted by Gasteiger charge is -2.25. The quantitative estimate of drug-likeness (QED) is 0.278. The van der Waals surface area contributed by atoms with Crippen molar-refractivity contribution in [2.24, 2.45) is 22.2 Å². The predicted octanol–water partition coefficient (Wildman–Crippen LogP) is 7.79. The molecule has 2 heterocycles. The molecule has 0 aliphatic heterocycles. The molecule has 0 bridgehead atoms. The van der Waals surface area contributed by atoms with Crippen molar-refractivity contribution in [2.75, 3.05) is 30.8 Å². The third-order valence-electron chi connectivity index (χ3n) is 6.33. The van der Waals surface area contributed by atoms with Gasteiger partial charge in [0.1, 0.15) is 10.8 Å². The minimum Gasteiger partial charge on any atom is -0.396 e. The summed E-state index contributed by atoms with van der Waals surface area (Å²) in [5, 5.41) is 17.7. The van der Waals surface area contributed by atoms with E-state index in [1.54, 1.807) is 18.4 Å². The molecule has 0 aromatic carbocycles. The number of anilines is 2. The third-order valence-corrected chi connectivity index (χ3v) is 7.26. The van der Waals surface area contributed by atoms with Gasteiger partial charge in [-0.05, 0) is 63.5 Å². The Morgan fingerprint density at radius 3 is 2.21 bits per heavy atom. The maximum atomic E-state index is 9.51. The van der Waals surface area contributed by atoms with E-state index in [0.717, 1.165) is 53.8 Å². The molecule has 8 heteroatoms. The number of aryl methyl sites for hydroxylation is 2. The smallest absolute Gasteiger partial charge is 0.224 e. The van der Waals surface area contributed by atoms with Crippen molar-refractivity contribution in [1.29, 1.82) is 0 Å². The van der Waals surface area contributed by atoms with Crippen LogP contribution in [0.1, 0.15) is 97.1 Å². The zero-order valence-electron chi connectivity index (χ0n) is 25.5. The van der Waals surface area contributed by atoms with Crippen LogP contribution in [0, 0.1) is 31.1 Å². The van der Waals surface area contributed by atoms with Gasteiger partial charge >= 0.3 is 0 Å². The van der Waals surface area contributed by atoms with Crippen LogP contribution in [0.25, 0.3) is 10.6 Å². The molecule has 38 heavy (non-hydrogen) atoms. The van der Waals surface area contributed by atoms with Gasteiger partial charge in [-0.15, -0.1) is 11.3 Å². The van der Waals surface area contributed by atoms with E-state index in [4.69, 9.17) is 9.97 Å². The molecular weight excluding hydrogens is 492 g/mol. The first kappa shape index (κ1) is 34.0. The van der Waals surface area contributed by atoms with Crippen LogP contribution in [0.4, 0.5) is 11.8 Å². The molecule has 2 fully saturated rings. The molecule has 216 valence electrons. The van der Waals surface area contributed by atoms with Gasteiger partial charge in [-0.25, -0.2) is 9.97 Å². The van der Waals surface area contributed by atoms with Crippen molar-refractivity contribution in [3.63, 3.8) is 0 Å². The number of aromatic nitrogens is 3. The van der Waals surface area contributed by atoms with E-state index in [-0.39, 0.29) is 12.0 Å². The molecule has 4 rings (SSSR count). The van der Waals surface area contributed by atoms with E-state index < -0.39 is 0 Å². The molecule has 0 saturated heterocycles. The van der Waals surface area contributed by atoms with Gasteiger partial charge < -0.3 is 20.7 Å². The number of hydrogen-bond acceptors (Lipinski definition) is 8. The van der Waals surface area contributed by atoms with E-state index in [1.807, 2.05) is 27.0 Å². The standard InChI is InChI=1S/C23H35N5OS.C3H8.C2H5N.C2H6/c1-14-11-24-21(30-14)19-15(2)26-22(25-13-23(3,4)10-16-5-6-16)28-20(19)27-18-8-7-17(9-18)12-29;2*1-3-2;1-2/h11,16-18,29H,5-10,12-13H2,1-4H3,(H2,25,26,27,28);3H2,1-2H3;1H2,2H3;1-2H3. The summed E-state index contributed by atoms with van der Waals surface area (Å²) in [6.45, 7) is 21.3. The summed E-state index contributed by atoms with van der Waals surface area (Å²) in [6, 6.07) is 0.329. The number of aliphatic hydroxyl groups is 1. The molecule has 2 aromatic heterocycles. The second-order valence-corrected chi connectivity index (χ2v) is 12.3. The molecule has 2 atom stereocenters. The second kappa shape index (κ2) is 17.5. The normalized spacial score (nSPS) is 18.2. The fourth-order valence-electron chi connectivity index (χ4n) is 4.54. The Morgan fingerprint density at radius 2 is 1.71 bits per heavy atom. The van der Waals surface area contributed by atoms with Crippen LogP contribution in [0.5, 0.6) is 0 Å². The molecule has 2 aliphatic carbocycles. The van der Waals surface area contributed by atoms with E-state index in [1.165, 1.54) is 30.6 Å². The minimum absolute atomic E-state index is 0.233. The highest BCUT2D eigenvalue weighted by Crippen LogP contribution is 2.40. The lowest BCUT2D eigenvalue weighted by Crippen LogP contribution is -2.25. The lowest BCUT2D eigenvalue weighted by molar-refractivity contribution is 0.229. The topological polar surface area (TPSA) is 95.3 Å². The Kier molecular flexibility index (Phi) is 15.7. The Bertz CT molecular complexity index is 941. The van der Waals surface area contributed by atoms with Crippen molar-refractivity contribution in [1.82, 2.24) is 15.0 Å². The highest BCUT2D eigenvalue weighted by Gasteiger charge is 2.30. The lowest BCUT2D eigenvalue weighted by atomic mass is 9.87. The second-order valence-electron chi connectivity index (χ2n) is 11.0. The Morgan fingerprint density at radius 1 is 1.11 bits per heavy atom. The van der Waals surface area contributed by atoms with Crippen molar-refractivity contribution >= 4 is 29.8 Å². The molecule has 3 N–H and O–H groups in total. The molecule has 2 unspecified atom stereocenters. The van der Waals surface area contributed by atoms with Crippen LogP contribution < -0.4 is 10.6 Å². The summed E-state index contributed by atoms with van der Waals surface area (Å²) in [5.41, 5.74) is 2.18. The number of nitrogens with zero attached hydrogens (tertiary/aromatic N) is 4. The van der Waals surface area contributed by atoms with Gasteiger partial charge in [-0.1, -0.05) is 60.8 Å². The Balaban J connectivity index is 0.000000811. The largest absolute Gasteiger partial charge is 0.396 e. The van der Waals surface area contributed by atoms with Gasteiger partial charge in [0.15, 0.2) is 0 Å². The molecule has 7 nitrogen and oxygen atoms in total. The van der Waals surface area contributed by atoms with Crippen LogP contribution in [0.3, 0.4) is 0 Å². The SMILES string of the molecule is C=NC.CC.CCC.Cc1cnc(-c2c(C)nc(NCC(C)(C)CC3CC3)nc2NC2CCC(CO)C2)s1. The maximum absolute atomic E-state index is 9.51. The Hall–Kier alpha value is -2.06. The predicted molar refractivity (Wildman–Crippen MR) is 167 cm³/mol. The molecule has 2 aliphatic rings. The fourth-order valence-corrected chi connectivity index (χ4v) is 5.40. The summed E-state index contributed by atoms with van der Waals surface area (Å²) >= 11 is 1.68. The average Bonchev–Trinajstić information content (AvgIpc) is 3.37. The molecule has 0 amide bonds. The summed E-state index contributed by atoms with van der Waals surface area (Å²) in [7, 11) is 1.64. The van der Waals surface area contributed by atoms with Gasteiger partial charge in [-0.2, -0.15) is 4.98 Å². The van der Waals surface area contributed by atoms with Crippen molar-refractivity contribution in [3.8, 4) is 10.6 Å². The summed E-state index contributed by atoms with van der Waals surface area (Å²) in [4.78, 5) is 18.7. The van der Waals surface area contributed by atoms with Gasteiger partial charge in [0.2, 0.25) is 5.95 Å². The zero-order valence-corrected chi connectivity index (χ0v) is 26.3. The number of aliphatic imine (C=N–C) groups is 1.